The fourth-order valence-corrected chi connectivity index (χ4v) is 3.83. The molecule has 0 atom stereocenters. The minimum Gasteiger partial charge on any atom is -0.497 e. The topological polar surface area (TPSA) is 89.8 Å². The number of fused-ring (bicyclic) bond motifs is 1. The number of amides is 2. The van der Waals surface area contributed by atoms with Crippen LogP contribution in [0.5, 0.6) is 5.75 Å². The molecule has 0 bridgehead atoms. The Bertz CT molecular complexity index is 1160. The van der Waals surface area contributed by atoms with Crippen LogP contribution in [0, 0.1) is 0 Å². The molecular formula is C22H27N5O4. The number of ether oxygens (including phenoxy) is 2. The Morgan fingerprint density at radius 1 is 1.10 bits per heavy atom. The van der Waals surface area contributed by atoms with Crippen LogP contribution in [0.25, 0.3) is 11.0 Å². The van der Waals surface area contributed by atoms with Gasteiger partial charge in [-0.2, -0.15) is 0 Å². The van der Waals surface area contributed by atoms with E-state index in [0.717, 1.165) is 28.0 Å². The van der Waals surface area contributed by atoms with Crippen LogP contribution in [-0.4, -0.2) is 48.6 Å². The molecule has 2 amide bonds. The van der Waals surface area contributed by atoms with Crippen molar-refractivity contribution in [3.8, 4) is 5.75 Å². The van der Waals surface area contributed by atoms with E-state index in [1.165, 1.54) is 0 Å². The summed E-state index contributed by atoms with van der Waals surface area (Å²) in [6.07, 6.45) is 0. The highest BCUT2D eigenvalue weighted by atomic mass is 16.5. The molecule has 9 nitrogen and oxygen atoms in total. The Kier molecular flexibility index (Phi) is 5.85. The Morgan fingerprint density at radius 3 is 2.52 bits per heavy atom. The number of methoxy groups -OCH3 is 1. The second-order valence-electron chi connectivity index (χ2n) is 7.52. The maximum Gasteiger partial charge on any atom is 0.328 e. The first-order chi connectivity index (χ1) is 15.0. The quantitative estimate of drug-likeness (QED) is 0.653. The lowest BCUT2D eigenvalue weighted by Gasteiger charge is -2.30. The van der Waals surface area contributed by atoms with Crippen molar-refractivity contribution in [3.05, 3.63) is 52.4 Å². The first-order valence-corrected chi connectivity index (χ1v) is 10.2. The zero-order chi connectivity index (χ0) is 22.0. The molecule has 2 aromatic carbocycles. The predicted molar refractivity (Wildman–Crippen MR) is 120 cm³/mol. The molecular weight excluding hydrogens is 398 g/mol. The number of morpholine rings is 1. The summed E-state index contributed by atoms with van der Waals surface area (Å²) in [5, 5.41) is 5.85. The van der Waals surface area contributed by atoms with Gasteiger partial charge in [0.1, 0.15) is 5.75 Å². The number of nitrogens with one attached hydrogen (secondary N) is 2. The Labute approximate surface area is 180 Å². The smallest absolute Gasteiger partial charge is 0.328 e. The fraction of sp³-hybridized carbons (Fsp3) is 0.364. The summed E-state index contributed by atoms with van der Waals surface area (Å²) < 4.78 is 13.9. The summed E-state index contributed by atoms with van der Waals surface area (Å²) in [5.41, 5.74) is 3.92. The molecule has 2 N–H and O–H groups in total. The maximum absolute atomic E-state index is 12.7. The van der Waals surface area contributed by atoms with Crippen LogP contribution in [0.15, 0.2) is 41.2 Å². The summed E-state index contributed by atoms with van der Waals surface area (Å²) in [7, 11) is 5.09. The van der Waals surface area contributed by atoms with Gasteiger partial charge in [0.2, 0.25) is 0 Å². The Balaban J connectivity index is 1.60. The number of imidazole rings is 1. The number of aromatic nitrogens is 2. The number of nitrogens with zero attached hydrogens (tertiary/aromatic N) is 3. The Morgan fingerprint density at radius 2 is 1.81 bits per heavy atom. The zero-order valence-corrected chi connectivity index (χ0v) is 18.0. The van der Waals surface area contributed by atoms with Gasteiger partial charge in [-0.3, -0.25) is 9.13 Å². The van der Waals surface area contributed by atoms with Crippen LogP contribution in [0.4, 0.5) is 16.2 Å². The largest absolute Gasteiger partial charge is 0.497 e. The molecule has 31 heavy (non-hydrogen) atoms. The van der Waals surface area contributed by atoms with Gasteiger partial charge in [0.25, 0.3) is 0 Å². The second kappa shape index (κ2) is 8.73. The highest BCUT2D eigenvalue weighted by Gasteiger charge is 2.20. The van der Waals surface area contributed by atoms with Crippen molar-refractivity contribution >= 4 is 28.4 Å². The van der Waals surface area contributed by atoms with Crippen molar-refractivity contribution in [2.75, 3.05) is 43.6 Å². The molecule has 1 aliphatic heterocycles. The van der Waals surface area contributed by atoms with E-state index in [2.05, 4.69) is 15.5 Å². The molecule has 0 saturated carbocycles. The van der Waals surface area contributed by atoms with Gasteiger partial charge in [0.15, 0.2) is 0 Å². The number of urea groups is 1. The van der Waals surface area contributed by atoms with E-state index in [4.69, 9.17) is 9.47 Å². The summed E-state index contributed by atoms with van der Waals surface area (Å²) in [4.78, 5) is 27.3. The summed E-state index contributed by atoms with van der Waals surface area (Å²) in [5.74, 6) is 0.741. The minimum atomic E-state index is -0.322. The number of hydrogen-bond acceptors (Lipinski definition) is 5. The van der Waals surface area contributed by atoms with Crippen LogP contribution in [0.1, 0.15) is 5.56 Å². The summed E-state index contributed by atoms with van der Waals surface area (Å²) in [6.45, 7) is 3.03. The predicted octanol–water partition coefficient (Wildman–Crippen LogP) is 2.04. The standard InChI is InChI=1S/C22H27N5O4/c1-25-19-12-17(24-21(28)23-14-15-5-4-6-16(11-15)30-3)18(27-7-9-31-10-8-27)13-20(19)26(2)22(25)29/h4-6,11-13H,7-10,14H2,1-3H3,(H2,23,24,28). The average molecular weight is 425 g/mol. The van der Waals surface area contributed by atoms with E-state index in [0.29, 0.717) is 38.5 Å². The van der Waals surface area contributed by atoms with Crippen LogP contribution in [-0.2, 0) is 25.4 Å². The van der Waals surface area contributed by atoms with Gasteiger partial charge >= 0.3 is 11.7 Å². The normalized spacial score (nSPS) is 14.0. The van der Waals surface area contributed by atoms with Gasteiger partial charge in [0, 0.05) is 33.7 Å². The third kappa shape index (κ3) is 4.22. The average Bonchev–Trinajstić information content (AvgIpc) is 3.01. The molecule has 3 aromatic rings. The third-order valence-electron chi connectivity index (χ3n) is 5.58. The molecule has 1 aromatic heterocycles. The molecule has 1 saturated heterocycles. The van der Waals surface area contributed by atoms with Gasteiger partial charge < -0.3 is 25.0 Å². The van der Waals surface area contributed by atoms with E-state index in [9.17, 15) is 9.59 Å². The molecule has 2 heterocycles. The van der Waals surface area contributed by atoms with Gasteiger partial charge in [0.05, 0.1) is 42.7 Å². The fourth-order valence-electron chi connectivity index (χ4n) is 3.83. The summed E-state index contributed by atoms with van der Waals surface area (Å²) in [6, 6.07) is 11.0. The van der Waals surface area contributed by atoms with Crippen molar-refractivity contribution in [2.45, 2.75) is 6.54 Å². The van der Waals surface area contributed by atoms with E-state index in [1.54, 1.807) is 30.3 Å². The Hall–Kier alpha value is -3.46. The van der Waals surface area contributed by atoms with Crippen LogP contribution >= 0.6 is 0 Å². The molecule has 0 radical (unpaired) electrons. The molecule has 4 rings (SSSR count). The van der Waals surface area contributed by atoms with Gasteiger partial charge in [-0.15, -0.1) is 0 Å². The van der Waals surface area contributed by atoms with E-state index < -0.39 is 0 Å². The van der Waals surface area contributed by atoms with Crippen LogP contribution in [0.2, 0.25) is 0 Å². The van der Waals surface area contributed by atoms with Gasteiger partial charge in [-0.1, -0.05) is 12.1 Å². The first kappa shape index (κ1) is 20.8. The van der Waals surface area contributed by atoms with Crippen molar-refractivity contribution in [1.82, 2.24) is 14.5 Å². The molecule has 164 valence electrons. The molecule has 1 fully saturated rings. The van der Waals surface area contributed by atoms with Crippen molar-refractivity contribution in [3.63, 3.8) is 0 Å². The maximum atomic E-state index is 12.7. The number of carbonyl (C=O) groups excluding carboxylic acids is 1. The number of rotatable bonds is 5. The zero-order valence-electron chi connectivity index (χ0n) is 18.0. The lowest BCUT2D eigenvalue weighted by Crippen LogP contribution is -2.37. The third-order valence-corrected chi connectivity index (χ3v) is 5.58. The second-order valence-corrected chi connectivity index (χ2v) is 7.52. The van der Waals surface area contributed by atoms with Gasteiger partial charge in [-0.25, -0.2) is 9.59 Å². The molecule has 0 aliphatic carbocycles. The van der Waals surface area contributed by atoms with E-state index >= 15 is 0 Å². The van der Waals surface area contributed by atoms with Crippen molar-refractivity contribution in [2.24, 2.45) is 14.1 Å². The first-order valence-electron chi connectivity index (χ1n) is 10.2. The molecule has 9 heteroatoms. The van der Waals surface area contributed by atoms with Gasteiger partial charge in [-0.05, 0) is 29.8 Å². The summed E-state index contributed by atoms with van der Waals surface area (Å²) >= 11 is 0. The molecule has 1 aliphatic rings. The number of carbonyl (C=O) groups is 1. The number of hydrogen-bond donors (Lipinski definition) is 2. The lowest BCUT2D eigenvalue weighted by molar-refractivity contribution is 0.123. The van der Waals surface area contributed by atoms with Crippen molar-refractivity contribution in [1.29, 1.82) is 0 Å². The number of aryl methyl sites for hydroxylation is 2. The SMILES string of the molecule is COc1cccc(CNC(=O)Nc2cc3c(cc2N2CCOCC2)n(C)c(=O)n3C)c1. The lowest BCUT2D eigenvalue weighted by atomic mass is 10.2. The van der Waals surface area contributed by atoms with Crippen LogP contribution < -0.4 is 26.0 Å². The highest BCUT2D eigenvalue weighted by Crippen LogP contribution is 2.31. The monoisotopic (exact) mass is 425 g/mol. The van der Waals surface area contributed by atoms with Crippen LogP contribution in [0.3, 0.4) is 0 Å². The molecule has 0 unspecified atom stereocenters. The number of benzene rings is 2. The minimum absolute atomic E-state index is 0.109. The van der Waals surface area contributed by atoms with E-state index in [1.807, 2.05) is 36.4 Å². The highest BCUT2D eigenvalue weighted by molar-refractivity contribution is 5.98. The van der Waals surface area contributed by atoms with Crippen molar-refractivity contribution < 1.29 is 14.3 Å². The molecule has 0 spiro atoms. The number of anilines is 2. The van der Waals surface area contributed by atoms with E-state index in [-0.39, 0.29) is 11.7 Å².